The lowest BCUT2D eigenvalue weighted by atomic mass is 9.99. The molecule has 0 amide bonds. The molecule has 0 unspecified atom stereocenters. The Hall–Kier alpha value is -1.92. The van der Waals surface area contributed by atoms with Crippen LogP contribution in [0.1, 0.15) is 5.56 Å². The highest BCUT2D eigenvalue weighted by Crippen LogP contribution is 2.33. The summed E-state index contributed by atoms with van der Waals surface area (Å²) in [7, 11) is 0. The van der Waals surface area contributed by atoms with Gasteiger partial charge in [-0.05, 0) is 18.2 Å². The SMILES string of the molecule is N#Cc1c(F)cccc1-c1c(F)cccc1Cl. The number of hydrogen-bond acceptors (Lipinski definition) is 1. The van der Waals surface area contributed by atoms with E-state index in [1.165, 1.54) is 30.3 Å². The molecule has 2 rings (SSSR count). The average Bonchev–Trinajstić information content (AvgIpc) is 2.29. The van der Waals surface area contributed by atoms with Crippen LogP contribution in [0.25, 0.3) is 11.1 Å². The molecule has 84 valence electrons. The third kappa shape index (κ3) is 2.00. The van der Waals surface area contributed by atoms with E-state index in [0.29, 0.717) is 0 Å². The molecule has 0 saturated carbocycles. The molecule has 2 aromatic rings. The Morgan fingerprint density at radius 1 is 1.00 bits per heavy atom. The van der Waals surface area contributed by atoms with Crippen LogP contribution in [-0.4, -0.2) is 0 Å². The van der Waals surface area contributed by atoms with Crippen molar-refractivity contribution >= 4 is 11.6 Å². The van der Waals surface area contributed by atoms with Crippen LogP contribution in [0.3, 0.4) is 0 Å². The van der Waals surface area contributed by atoms with Gasteiger partial charge in [0.05, 0.1) is 10.6 Å². The standard InChI is InChI=1S/C13H6ClF2N/c14-10-4-2-6-12(16)13(10)8-3-1-5-11(15)9(8)7-17/h1-6H. The molecule has 0 spiro atoms. The molecule has 0 aliphatic rings. The first-order valence-electron chi connectivity index (χ1n) is 4.78. The number of halogens is 3. The summed E-state index contributed by atoms with van der Waals surface area (Å²) in [6, 6.07) is 9.90. The summed E-state index contributed by atoms with van der Waals surface area (Å²) in [4.78, 5) is 0. The van der Waals surface area contributed by atoms with Crippen molar-refractivity contribution in [1.82, 2.24) is 0 Å². The van der Waals surface area contributed by atoms with E-state index in [4.69, 9.17) is 16.9 Å². The van der Waals surface area contributed by atoms with Crippen molar-refractivity contribution in [3.63, 3.8) is 0 Å². The zero-order valence-electron chi connectivity index (χ0n) is 8.55. The van der Waals surface area contributed by atoms with Gasteiger partial charge >= 0.3 is 0 Å². The molecule has 17 heavy (non-hydrogen) atoms. The van der Waals surface area contributed by atoms with Crippen molar-refractivity contribution in [3.05, 3.63) is 58.6 Å². The Morgan fingerprint density at radius 3 is 2.29 bits per heavy atom. The average molecular weight is 250 g/mol. The van der Waals surface area contributed by atoms with Crippen LogP contribution >= 0.6 is 11.6 Å². The molecule has 0 fully saturated rings. The maximum Gasteiger partial charge on any atom is 0.141 e. The third-order valence-electron chi connectivity index (χ3n) is 2.36. The van der Waals surface area contributed by atoms with Crippen molar-refractivity contribution in [2.45, 2.75) is 0 Å². The van der Waals surface area contributed by atoms with Gasteiger partial charge in [0.25, 0.3) is 0 Å². The lowest BCUT2D eigenvalue weighted by molar-refractivity contribution is 0.621. The van der Waals surface area contributed by atoms with E-state index in [1.807, 2.05) is 0 Å². The van der Waals surface area contributed by atoms with E-state index in [2.05, 4.69) is 0 Å². The van der Waals surface area contributed by atoms with E-state index in [-0.39, 0.29) is 21.7 Å². The molecule has 0 heterocycles. The van der Waals surface area contributed by atoms with E-state index in [9.17, 15) is 8.78 Å². The second-order valence-corrected chi connectivity index (χ2v) is 3.78. The third-order valence-corrected chi connectivity index (χ3v) is 2.67. The summed E-state index contributed by atoms with van der Waals surface area (Å²) < 4.78 is 27.1. The molecule has 0 radical (unpaired) electrons. The summed E-state index contributed by atoms with van der Waals surface area (Å²) in [6.45, 7) is 0. The Morgan fingerprint density at radius 2 is 1.65 bits per heavy atom. The summed E-state index contributed by atoms with van der Waals surface area (Å²) in [6.07, 6.45) is 0. The van der Waals surface area contributed by atoms with Crippen LogP contribution in [0.2, 0.25) is 5.02 Å². The number of rotatable bonds is 1. The molecule has 0 atom stereocenters. The summed E-state index contributed by atoms with van der Waals surface area (Å²) in [5.74, 6) is -1.27. The van der Waals surface area contributed by atoms with Gasteiger partial charge in [-0.2, -0.15) is 5.26 Å². The van der Waals surface area contributed by atoms with Crippen LogP contribution in [0.15, 0.2) is 36.4 Å². The molecular formula is C13H6ClF2N. The lowest BCUT2D eigenvalue weighted by Crippen LogP contribution is -1.92. The second kappa shape index (κ2) is 4.52. The second-order valence-electron chi connectivity index (χ2n) is 3.37. The Bertz CT molecular complexity index is 597. The molecular weight excluding hydrogens is 244 g/mol. The highest BCUT2D eigenvalue weighted by Gasteiger charge is 2.15. The van der Waals surface area contributed by atoms with Gasteiger partial charge in [0, 0.05) is 11.1 Å². The van der Waals surface area contributed by atoms with Gasteiger partial charge in [-0.25, -0.2) is 8.78 Å². The van der Waals surface area contributed by atoms with Crippen LogP contribution in [0.5, 0.6) is 0 Å². The minimum Gasteiger partial charge on any atom is -0.206 e. The van der Waals surface area contributed by atoms with E-state index in [1.54, 1.807) is 6.07 Å². The van der Waals surface area contributed by atoms with Crippen molar-refractivity contribution < 1.29 is 8.78 Å². The monoisotopic (exact) mass is 249 g/mol. The number of nitriles is 1. The Kier molecular flexibility index (Phi) is 3.08. The number of nitrogens with zero attached hydrogens (tertiary/aromatic N) is 1. The van der Waals surface area contributed by atoms with Crippen molar-refractivity contribution in [2.24, 2.45) is 0 Å². The predicted octanol–water partition coefficient (Wildman–Crippen LogP) is 4.16. The molecule has 0 aromatic heterocycles. The fraction of sp³-hybridized carbons (Fsp3) is 0. The fourth-order valence-electron chi connectivity index (χ4n) is 1.60. The van der Waals surface area contributed by atoms with E-state index in [0.717, 1.165) is 6.07 Å². The maximum atomic E-state index is 13.7. The maximum absolute atomic E-state index is 13.7. The van der Waals surface area contributed by atoms with E-state index >= 15 is 0 Å². The summed E-state index contributed by atoms with van der Waals surface area (Å²) >= 11 is 5.87. The molecule has 0 aliphatic carbocycles. The summed E-state index contributed by atoms with van der Waals surface area (Å²) in [5, 5.41) is 9.03. The molecule has 0 aliphatic heterocycles. The first kappa shape index (κ1) is 11.6. The number of hydrogen-bond donors (Lipinski definition) is 0. The summed E-state index contributed by atoms with van der Waals surface area (Å²) in [5.41, 5.74) is 0.000293. The zero-order valence-corrected chi connectivity index (χ0v) is 9.30. The van der Waals surface area contributed by atoms with E-state index < -0.39 is 11.6 Å². The Labute approximate surface area is 102 Å². The molecule has 4 heteroatoms. The van der Waals surface area contributed by atoms with Crippen molar-refractivity contribution in [1.29, 1.82) is 5.26 Å². The van der Waals surface area contributed by atoms with Gasteiger partial charge in [0.15, 0.2) is 0 Å². The van der Waals surface area contributed by atoms with Crippen molar-refractivity contribution in [3.8, 4) is 17.2 Å². The molecule has 2 aromatic carbocycles. The molecule has 0 saturated heterocycles. The molecule has 1 nitrogen and oxygen atoms in total. The number of benzene rings is 2. The molecule has 0 bridgehead atoms. The van der Waals surface area contributed by atoms with Crippen molar-refractivity contribution in [2.75, 3.05) is 0 Å². The van der Waals surface area contributed by atoms with Crippen LogP contribution in [-0.2, 0) is 0 Å². The highest BCUT2D eigenvalue weighted by atomic mass is 35.5. The van der Waals surface area contributed by atoms with Gasteiger partial charge in [0.2, 0.25) is 0 Å². The quantitative estimate of drug-likeness (QED) is 0.745. The minimum absolute atomic E-state index is 0.0465. The fourth-order valence-corrected chi connectivity index (χ4v) is 1.87. The van der Waals surface area contributed by atoms with Gasteiger partial charge < -0.3 is 0 Å². The topological polar surface area (TPSA) is 23.8 Å². The molecule has 0 N–H and O–H groups in total. The predicted molar refractivity (Wildman–Crippen MR) is 61.5 cm³/mol. The van der Waals surface area contributed by atoms with Gasteiger partial charge in [0.1, 0.15) is 17.7 Å². The minimum atomic E-state index is -0.690. The zero-order chi connectivity index (χ0) is 12.4. The lowest BCUT2D eigenvalue weighted by Gasteiger charge is -2.08. The first-order valence-corrected chi connectivity index (χ1v) is 5.16. The van der Waals surface area contributed by atoms with Crippen LogP contribution in [0, 0.1) is 23.0 Å². The van der Waals surface area contributed by atoms with Gasteiger partial charge in [-0.1, -0.05) is 29.8 Å². The highest BCUT2D eigenvalue weighted by molar-refractivity contribution is 6.33. The Balaban J connectivity index is 2.79. The normalized spacial score (nSPS) is 10.0. The first-order chi connectivity index (χ1) is 8.15. The largest absolute Gasteiger partial charge is 0.206 e. The van der Waals surface area contributed by atoms with Gasteiger partial charge in [-0.15, -0.1) is 0 Å². The van der Waals surface area contributed by atoms with Gasteiger partial charge in [-0.3, -0.25) is 0 Å². The van der Waals surface area contributed by atoms with Crippen LogP contribution in [0.4, 0.5) is 8.78 Å². The van der Waals surface area contributed by atoms with Crippen LogP contribution < -0.4 is 0 Å². The smallest absolute Gasteiger partial charge is 0.141 e.